The number of benzene rings is 2. The molecule has 0 atom stereocenters. The minimum absolute atomic E-state index is 0.0715. The van der Waals surface area contributed by atoms with Gasteiger partial charge >= 0.3 is 0 Å². The number of nitrogens with zero attached hydrogens (tertiary/aromatic N) is 4. The molecule has 0 bridgehead atoms. The number of rotatable bonds is 7. The highest BCUT2D eigenvalue weighted by molar-refractivity contribution is 7.92. The highest BCUT2D eigenvalue weighted by atomic mass is 32.2. The van der Waals surface area contributed by atoms with Gasteiger partial charge in [-0.3, -0.25) is 9.10 Å². The number of hydrogen-bond donors (Lipinski definition) is 0. The molecule has 1 heterocycles. The number of amides is 1. The van der Waals surface area contributed by atoms with Gasteiger partial charge in [-0.05, 0) is 50.1 Å². The molecule has 0 spiro atoms. The van der Waals surface area contributed by atoms with Gasteiger partial charge in [0.25, 0.3) is 0 Å². The monoisotopic (exact) mass is 442 g/mol. The molecule has 9 heteroatoms. The zero-order valence-electron chi connectivity index (χ0n) is 18.3. The third kappa shape index (κ3) is 5.69. The molecular weight excluding hydrogens is 416 g/mol. The van der Waals surface area contributed by atoms with Crippen molar-refractivity contribution in [3.63, 3.8) is 0 Å². The summed E-state index contributed by atoms with van der Waals surface area (Å²) >= 11 is 0. The van der Waals surface area contributed by atoms with Crippen LogP contribution in [-0.4, -0.2) is 49.2 Å². The minimum Gasteiger partial charge on any atom is -0.337 e. The average Bonchev–Trinajstić information content (AvgIpc) is 3.12. The summed E-state index contributed by atoms with van der Waals surface area (Å²) in [5.74, 6) is 0.317. The second-order valence-corrected chi connectivity index (χ2v) is 9.65. The third-order valence-electron chi connectivity index (χ3n) is 4.72. The van der Waals surface area contributed by atoms with E-state index in [9.17, 15) is 13.2 Å². The maximum Gasteiger partial charge on any atom is 0.246 e. The minimum atomic E-state index is -3.65. The molecule has 1 aromatic heterocycles. The van der Waals surface area contributed by atoms with Crippen molar-refractivity contribution in [2.24, 2.45) is 0 Å². The van der Waals surface area contributed by atoms with Gasteiger partial charge in [-0.2, -0.15) is 4.98 Å². The number of carbonyl (C=O) groups excluding carboxylic acids is 1. The van der Waals surface area contributed by atoms with Crippen LogP contribution in [0.25, 0.3) is 11.4 Å². The molecule has 0 aliphatic carbocycles. The van der Waals surface area contributed by atoms with Crippen LogP contribution >= 0.6 is 0 Å². The first-order valence-electron chi connectivity index (χ1n) is 9.72. The standard InChI is InChI=1S/C22H26N4O4S/c1-15-7-6-8-18(10-15)22-23-20(30-24-22)13-25(4)21(27)14-26(31(5,28)29)19-11-16(2)9-17(3)12-19/h6-12H,13-14H2,1-5H3. The van der Waals surface area contributed by atoms with E-state index in [1.54, 1.807) is 19.2 Å². The molecular formula is C22H26N4O4S. The molecule has 0 saturated heterocycles. The van der Waals surface area contributed by atoms with Gasteiger partial charge in [0, 0.05) is 12.6 Å². The summed E-state index contributed by atoms with van der Waals surface area (Å²) in [6.07, 6.45) is 1.09. The lowest BCUT2D eigenvalue weighted by Gasteiger charge is -2.25. The number of likely N-dealkylation sites (N-methyl/N-ethyl adjacent to an activating group) is 1. The first kappa shape index (κ1) is 22.5. The predicted octanol–water partition coefficient (Wildman–Crippen LogP) is 3.09. The highest BCUT2D eigenvalue weighted by Gasteiger charge is 2.24. The van der Waals surface area contributed by atoms with Crippen molar-refractivity contribution in [1.29, 1.82) is 0 Å². The maximum atomic E-state index is 12.8. The Morgan fingerprint density at radius 3 is 2.32 bits per heavy atom. The van der Waals surface area contributed by atoms with Gasteiger partial charge in [0.2, 0.25) is 27.6 Å². The van der Waals surface area contributed by atoms with Crippen LogP contribution in [0.1, 0.15) is 22.6 Å². The molecule has 0 N–H and O–H groups in total. The van der Waals surface area contributed by atoms with E-state index >= 15 is 0 Å². The molecule has 2 aromatic carbocycles. The molecule has 0 unspecified atom stereocenters. The fraction of sp³-hybridized carbons (Fsp3) is 0.318. The number of carbonyl (C=O) groups is 1. The molecule has 164 valence electrons. The lowest BCUT2D eigenvalue weighted by atomic mass is 10.1. The summed E-state index contributed by atoms with van der Waals surface area (Å²) in [6, 6.07) is 13.1. The zero-order valence-corrected chi connectivity index (χ0v) is 19.1. The van der Waals surface area contributed by atoms with Gasteiger partial charge in [0.15, 0.2) is 0 Å². The van der Waals surface area contributed by atoms with Crippen LogP contribution in [0.15, 0.2) is 47.0 Å². The van der Waals surface area contributed by atoms with Crippen LogP contribution in [0.5, 0.6) is 0 Å². The van der Waals surface area contributed by atoms with Crippen molar-refractivity contribution >= 4 is 21.6 Å². The summed E-state index contributed by atoms with van der Waals surface area (Å²) in [6.45, 7) is 5.48. The first-order valence-corrected chi connectivity index (χ1v) is 11.6. The summed E-state index contributed by atoms with van der Waals surface area (Å²) in [5, 5.41) is 3.98. The van der Waals surface area contributed by atoms with E-state index in [0.717, 1.165) is 32.8 Å². The van der Waals surface area contributed by atoms with Crippen LogP contribution in [0, 0.1) is 20.8 Å². The Kier molecular flexibility index (Phi) is 6.45. The fourth-order valence-electron chi connectivity index (χ4n) is 3.25. The Morgan fingerprint density at radius 2 is 1.71 bits per heavy atom. The van der Waals surface area contributed by atoms with Crippen LogP contribution in [0.4, 0.5) is 5.69 Å². The van der Waals surface area contributed by atoms with Crippen molar-refractivity contribution in [1.82, 2.24) is 15.0 Å². The normalized spacial score (nSPS) is 11.4. The Morgan fingerprint density at radius 1 is 1.03 bits per heavy atom. The van der Waals surface area contributed by atoms with E-state index in [1.807, 2.05) is 51.1 Å². The molecule has 0 fully saturated rings. The fourth-order valence-corrected chi connectivity index (χ4v) is 4.08. The quantitative estimate of drug-likeness (QED) is 0.558. The van der Waals surface area contributed by atoms with E-state index in [0.29, 0.717) is 11.5 Å². The van der Waals surface area contributed by atoms with Crippen molar-refractivity contribution in [2.75, 3.05) is 24.2 Å². The van der Waals surface area contributed by atoms with E-state index < -0.39 is 10.0 Å². The topological polar surface area (TPSA) is 96.6 Å². The second-order valence-electron chi connectivity index (χ2n) is 7.75. The van der Waals surface area contributed by atoms with Gasteiger partial charge in [0.05, 0.1) is 18.5 Å². The van der Waals surface area contributed by atoms with E-state index in [-0.39, 0.29) is 24.9 Å². The Labute approximate surface area is 182 Å². The second kappa shape index (κ2) is 8.89. The Hall–Kier alpha value is -3.20. The van der Waals surface area contributed by atoms with Crippen molar-refractivity contribution in [2.45, 2.75) is 27.3 Å². The zero-order chi connectivity index (χ0) is 22.8. The van der Waals surface area contributed by atoms with Crippen LogP contribution in [0.2, 0.25) is 0 Å². The molecule has 0 radical (unpaired) electrons. The van der Waals surface area contributed by atoms with Crippen LogP contribution in [0.3, 0.4) is 0 Å². The lowest BCUT2D eigenvalue weighted by Crippen LogP contribution is -2.41. The first-order chi connectivity index (χ1) is 14.5. The summed E-state index contributed by atoms with van der Waals surface area (Å²) in [5.41, 5.74) is 4.18. The van der Waals surface area contributed by atoms with Crippen molar-refractivity contribution < 1.29 is 17.7 Å². The number of aryl methyl sites for hydroxylation is 3. The molecule has 1 amide bonds. The average molecular weight is 443 g/mol. The number of sulfonamides is 1. The SMILES string of the molecule is Cc1cccc(-c2noc(CN(C)C(=O)CN(c3cc(C)cc(C)c3)S(C)(=O)=O)n2)c1. The number of aromatic nitrogens is 2. The van der Waals surface area contributed by atoms with Gasteiger partial charge < -0.3 is 9.42 Å². The van der Waals surface area contributed by atoms with Crippen LogP contribution < -0.4 is 4.31 Å². The predicted molar refractivity (Wildman–Crippen MR) is 119 cm³/mol. The highest BCUT2D eigenvalue weighted by Crippen LogP contribution is 2.22. The van der Waals surface area contributed by atoms with E-state index in [1.165, 1.54) is 4.90 Å². The van der Waals surface area contributed by atoms with Gasteiger partial charge in [-0.1, -0.05) is 35.0 Å². The van der Waals surface area contributed by atoms with Gasteiger partial charge in [-0.25, -0.2) is 8.42 Å². The molecule has 3 aromatic rings. The molecule has 8 nitrogen and oxygen atoms in total. The van der Waals surface area contributed by atoms with E-state index in [2.05, 4.69) is 10.1 Å². The molecule has 0 saturated carbocycles. The van der Waals surface area contributed by atoms with Crippen molar-refractivity contribution in [3.8, 4) is 11.4 Å². The molecule has 31 heavy (non-hydrogen) atoms. The third-order valence-corrected chi connectivity index (χ3v) is 5.86. The number of hydrogen-bond acceptors (Lipinski definition) is 6. The largest absolute Gasteiger partial charge is 0.337 e. The molecule has 3 rings (SSSR count). The van der Waals surface area contributed by atoms with Crippen molar-refractivity contribution in [3.05, 3.63) is 65.0 Å². The van der Waals surface area contributed by atoms with E-state index in [4.69, 9.17) is 4.52 Å². The van der Waals surface area contributed by atoms with Crippen LogP contribution in [-0.2, 0) is 21.4 Å². The molecule has 0 aliphatic heterocycles. The van der Waals surface area contributed by atoms with Gasteiger partial charge in [0.1, 0.15) is 6.54 Å². The lowest BCUT2D eigenvalue weighted by molar-refractivity contribution is -0.129. The Balaban J connectivity index is 1.74. The van der Waals surface area contributed by atoms with Gasteiger partial charge in [-0.15, -0.1) is 0 Å². The maximum absolute atomic E-state index is 12.8. The molecule has 0 aliphatic rings. The smallest absolute Gasteiger partial charge is 0.246 e. The summed E-state index contributed by atoms with van der Waals surface area (Å²) in [7, 11) is -2.08. The number of anilines is 1. The Bertz CT molecular complexity index is 1180. The summed E-state index contributed by atoms with van der Waals surface area (Å²) < 4.78 is 31.1. The summed E-state index contributed by atoms with van der Waals surface area (Å²) in [4.78, 5) is 18.5.